The summed E-state index contributed by atoms with van der Waals surface area (Å²) in [7, 11) is -3.66. The molecule has 0 aliphatic carbocycles. The Balaban J connectivity index is 5.02. The Kier molecular flexibility index (Phi) is 17.6. The monoisotopic (exact) mass is 776 g/mol. The molecule has 0 aromatic heterocycles. The third kappa shape index (κ3) is 12.0. The van der Waals surface area contributed by atoms with Crippen molar-refractivity contribution in [1.82, 2.24) is 0 Å². The van der Waals surface area contributed by atoms with Crippen molar-refractivity contribution in [2.75, 3.05) is 35.8 Å². The van der Waals surface area contributed by atoms with Gasteiger partial charge >= 0.3 is 7.82 Å². The van der Waals surface area contributed by atoms with E-state index in [4.69, 9.17) is 13.6 Å². The van der Waals surface area contributed by atoms with Crippen LogP contribution in [-0.2, 0) is 18.1 Å². The Hall–Kier alpha value is 2.99. The van der Waals surface area contributed by atoms with Gasteiger partial charge < -0.3 is 0 Å². The molecule has 0 rings (SSSR count). The molecule has 0 heterocycles. The zero-order chi connectivity index (χ0) is 20.3. The van der Waals surface area contributed by atoms with Crippen molar-refractivity contribution in [2.45, 2.75) is 35.3 Å². The van der Waals surface area contributed by atoms with E-state index in [1.54, 1.807) is 0 Å². The van der Waals surface area contributed by atoms with E-state index in [2.05, 4.69) is 95.6 Å². The minimum absolute atomic E-state index is 0.152. The van der Waals surface area contributed by atoms with Gasteiger partial charge in [-0.2, -0.15) is 0 Å². The number of halogens is 6. The van der Waals surface area contributed by atoms with Gasteiger partial charge in [0.2, 0.25) is 0 Å². The maximum Gasteiger partial charge on any atom is 0.474 e. The molecule has 0 spiro atoms. The summed E-state index contributed by atoms with van der Waals surface area (Å²) < 4.78 is 30.2. The van der Waals surface area contributed by atoms with Gasteiger partial charge in [-0.05, 0) is 0 Å². The summed E-state index contributed by atoms with van der Waals surface area (Å²) in [4.78, 5) is 0.642. The molecule has 0 amide bonds. The van der Waals surface area contributed by atoms with Gasteiger partial charge in [-0.15, -0.1) is 0 Å². The van der Waals surface area contributed by atoms with E-state index in [-0.39, 0.29) is 52.1 Å². The largest absolute Gasteiger partial charge is 0.474 e. The fourth-order valence-corrected chi connectivity index (χ4v) is 7.68. The molecule has 158 valence electrons. The first kappa shape index (κ1) is 29.0. The fraction of sp³-hybridized carbons (Fsp3) is 1.00. The summed E-state index contributed by atoms with van der Waals surface area (Å²) in [6, 6.07) is 0. The van der Waals surface area contributed by atoms with E-state index < -0.39 is 7.82 Å². The third-order valence-electron chi connectivity index (χ3n) is 3.88. The molecule has 0 saturated heterocycles. The zero-order valence-corrected chi connectivity index (χ0v) is 25.5. The molecule has 0 bridgehead atoms. The number of phosphoric acid groups is 1. The smallest absolute Gasteiger partial charge is 0.287 e. The van der Waals surface area contributed by atoms with Crippen molar-refractivity contribution in [3.8, 4) is 0 Å². The molecule has 0 aromatic rings. The van der Waals surface area contributed by atoms with Gasteiger partial charge in [0.15, 0.2) is 0 Å². The Labute approximate surface area is 208 Å². The summed E-state index contributed by atoms with van der Waals surface area (Å²) in [5, 5.41) is 2.18. The van der Waals surface area contributed by atoms with Crippen molar-refractivity contribution in [3.05, 3.63) is 0 Å². The Morgan fingerprint density at radius 3 is 1.04 bits per heavy atom. The van der Waals surface area contributed by atoms with Gasteiger partial charge in [-0.3, -0.25) is 13.6 Å². The molecule has 0 aliphatic rings. The quantitative estimate of drug-likeness (QED) is 0.128. The number of hydrogen-bond acceptors (Lipinski definition) is 4. The molecule has 6 unspecified atom stereocenters. The molecule has 11 heteroatoms. The van der Waals surface area contributed by atoms with Crippen molar-refractivity contribution in [1.29, 1.82) is 0 Å². The van der Waals surface area contributed by atoms with Crippen molar-refractivity contribution < 1.29 is 18.1 Å². The topological polar surface area (TPSA) is 44.8 Å². The van der Waals surface area contributed by atoms with E-state index in [1.807, 2.05) is 20.8 Å². The van der Waals surface area contributed by atoms with Crippen molar-refractivity contribution in [2.24, 2.45) is 17.8 Å². The maximum atomic E-state index is 13.2. The second kappa shape index (κ2) is 15.7. The number of alkyl halides is 6. The number of hydrogen-bond donors (Lipinski definition) is 0. The van der Waals surface area contributed by atoms with E-state index in [0.717, 1.165) is 16.0 Å². The van der Waals surface area contributed by atoms with Crippen LogP contribution in [0.1, 0.15) is 20.8 Å². The first-order chi connectivity index (χ1) is 12.1. The first-order valence-electron chi connectivity index (χ1n) is 8.23. The molecule has 0 radical (unpaired) electrons. The normalized spacial score (nSPS) is 21.4. The zero-order valence-electron chi connectivity index (χ0n) is 15.1. The SMILES string of the molecule is CC(Br)C(CBr)COP(=O)(OCC(CBr)C(C)Br)OCC(CBr)C(C)Br. The van der Waals surface area contributed by atoms with E-state index >= 15 is 0 Å². The predicted molar refractivity (Wildman–Crippen MR) is 132 cm³/mol. The standard InChI is InChI=1S/C15H27Br6O4P/c1-10(19)13(4-16)7-23-26(22,24-8-14(5-17)11(2)20)25-9-15(6-18)12(3)21/h10-15H,4-9H2,1-3H3. The van der Waals surface area contributed by atoms with Crippen LogP contribution in [0.5, 0.6) is 0 Å². The van der Waals surface area contributed by atoms with E-state index in [0.29, 0.717) is 0 Å². The average Bonchev–Trinajstić information content (AvgIpc) is 2.55. The molecule has 26 heavy (non-hydrogen) atoms. The molecule has 0 N–H and O–H groups in total. The molecular weight excluding hydrogens is 755 g/mol. The van der Waals surface area contributed by atoms with Crippen LogP contribution in [0.3, 0.4) is 0 Å². The van der Waals surface area contributed by atoms with Gasteiger partial charge in [0.25, 0.3) is 0 Å². The highest BCUT2D eigenvalue weighted by atomic mass is 79.9. The second-order valence-corrected chi connectivity index (χ2v) is 14.1. The summed E-state index contributed by atoms with van der Waals surface area (Å²) >= 11 is 21.0. The minimum atomic E-state index is -3.66. The van der Waals surface area contributed by atoms with Crippen molar-refractivity contribution in [3.63, 3.8) is 0 Å². The van der Waals surface area contributed by atoms with Crippen LogP contribution >= 0.6 is 103 Å². The lowest BCUT2D eigenvalue weighted by atomic mass is 10.1. The number of rotatable bonds is 15. The highest BCUT2D eigenvalue weighted by Crippen LogP contribution is 2.51. The molecule has 0 saturated carbocycles. The van der Waals surface area contributed by atoms with Gasteiger partial charge in [0.05, 0.1) is 19.8 Å². The van der Waals surface area contributed by atoms with E-state index in [1.165, 1.54) is 0 Å². The second-order valence-electron chi connectivity index (χ2n) is 6.11. The van der Waals surface area contributed by atoms with Crippen LogP contribution in [0.2, 0.25) is 0 Å². The Morgan fingerprint density at radius 2 is 0.885 bits per heavy atom. The van der Waals surface area contributed by atoms with Crippen LogP contribution in [-0.4, -0.2) is 50.3 Å². The van der Waals surface area contributed by atoms with Crippen molar-refractivity contribution >= 4 is 103 Å². The van der Waals surface area contributed by atoms with Crippen LogP contribution in [0.25, 0.3) is 0 Å². The van der Waals surface area contributed by atoms with Gasteiger partial charge in [-0.1, -0.05) is 116 Å². The molecule has 0 fully saturated rings. The van der Waals surface area contributed by atoms with Crippen LogP contribution in [0, 0.1) is 17.8 Å². The Morgan fingerprint density at radius 1 is 0.654 bits per heavy atom. The van der Waals surface area contributed by atoms with Crippen LogP contribution in [0.4, 0.5) is 0 Å². The summed E-state index contributed by atoms with van der Waals surface area (Å²) in [5.41, 5.74) is 0. The maximum absolute atomic E-state index is 13.2. The molecule has 0 aliphatic heterocycles. The first-order valence-corrected chi connectivity index (χ1v) is 15.8. The van der Waals surface area contributed by atoms with Gasteiger partial charge in [0.1, 0.15) is 0 Å². The fourth-order valence-electron chi connectivity index (χ4n) is 1.57. The summed E-state index contributed by atoms with van der Waals surface area (Å²) in [6.45, 7) is 6.93. The highest BCUT2D eigenvalue weighted by molar-refractivity contribution is 9.10. The lowest BCUT2D eigenvalue weighted by Crippen LogP contribution is -2.24. The highest BCUT2D eigenvalue weighted by Gasteiger charge is 2.32. The molecular formula is C15H27Br6O4P. The van der Waals surface area contributed by atoms with Crippen LogP contribution in [0.15, 0.2) is 0 Å². The predicted octanol–water partition coefficient (Wildman–Crippen LogP) is 7.53. The minimum Gasteiger partial charge on any atom is -0.287 e. The third-order valence-corrected chi connectivity index (χ3v) is 10.0. The van der Waals surface area contributed by atoms with Gasteiger partial charge in [-0.25, -0.2) is 4.57 Å². The average molecular weight is 782 g/mol. The molecule has 4 nitrogen and oxygen atoms in total. The molecule has 6 atom stereocenters. The van der Waals surface area contributed by atoms with E-state index in [9.17, 15) is 4.57 Å². The van der Waals surface area contributed by atoms with Crippen LogP contribution < -0.4 is 0 Å². The lowest BCUT2D eigenvalue weighted by Gasteiger charge is -2.26. The van der Waals surface area contributed by atoms with Gasteiger partial charge in [0, 0.05) is 48.2 Å². The summed E-state index contributed by atoms with van der Waals surface area (Å²) in [6.07, 6.45) is 0. The molecule has 0 aromatic carbocycles. The summed E-state index contributed by atoms with van der Waals surface area (Å²) in [5.74, 6) is 0.457. The lowest BCUT2D eigenvalue weighted by molar-refractivity contribution is 0.0859. The Bertz CT molecular complexity index is 357. The number of phosphoric ester groups is 1.